The largest absolute Gasteiger partial charge is 0.299 e. The van der Waals surface area contributed by atoms with Crippen molar-refractivity contribution in [1.29, 1.82) is 0 Å². The lowest BCUT2D eigenvalue weighted by molar-refractivity contribution is 0.107. The van der Waals surface area contributed by atoms with Gasteiger partial charge in [-0.2, -0.15) is 0 Å². The molecule has 0 N–H and O–H groups in total. The molecule has 23 heavy (non-hydrogen) atoms. The van der Waals surface area contributed by atoms with Gasteiger partial charge in [0.2, 0.25) is 0 Å². The lowest BCUT2D eigenvalue weighted by Crippen LogP contribution is -2.54. The highest BCUT2D eigenvalue weighted by Gasteiger charge is 2.41. The van der Waals surface area contributed by atoms with E-state index >= 15 is 0 Å². The number of benzene rings is 2. The molecule has 1 nitrogen and oxygen atoms in total. The first-order chi connectivity index (χ1) is 11.2. The van der Waals surface area contributed by atoms with Crippen LogP contribution < -0.4 is 5.19 Å². The highest BCUT2D eigenvalue weighted by atomic mass is 28.3. The van der Waals surface area contributed by atoms with Gasteiger partial charge >= 0.3 is 0 Å². The zero-order valence-electron chi connectivity index (χ0n) is 13.3. The fourth-order valence-electron chi connectivity index (χ4n) is 3.03. The van der Waals surface area contributed by atoms with Crippen LogP contribution in [0.15, 0.2) is 96.2 Å². The van der Waals surface area contributed by atoms with Gasteiger partial charge in [-0.1, -0.05) is 97.6 Å². The van der Waals surface area contributed by atoms with E-state index in [1.54, 1.807) is 0 Å². The summed E-state index contributed by atoms with van der Waals surface area (Å²) in [4.78, 5) is 13.4. The van der Waals surface area contributed by atoms with Crippen LogP contribution in [-0.4, -0.2) is 13.5 Å². The molecule has 2 heteroatoms. The van der Waals surface area contributed by atoms with Crippen LogP contribution in [0.3, 0.4) is 0 Å². The van der Waals surface area contributed by atoms with Crippen LogP contribution in [-0.2, 0) is 0 Å². The molecular weight excluding hydrogens is 296 g/mol. The van der Waals surface area contributed by atoms with Crippen LogP contribution >= 0.6 is 0 Å². The third kappa shape index (κ3) is 3.03. The van der Waals surface area contributed by atoms with Gasteiger partial charge in [-0.3, -0.25) is 4.79 Å². The van der Waals surface area contributed by atoms with Crippen molar-refractivity contribution in [1.82, 2.24) is 0 Å². The van der Waals surface area contributed by atoms with Crippen LogP contribution in [0, 0.1) is 0 Å². The Morgan fingerprint density at radius 3 is 2.26 bits per heavy atom. The normalized spacial score (nSPS) is 16.3. The van der Waals surface area contributed by atoms with Crippen molar-refractivity contribution in [3.8, 4) is 0 Å². The summed E-state index contributed by atoms with van der Waals surface area (Å²) in [5.41, 5.74) is 0.803. The van der Waals surface area contributed by atoms with Gasteiger partial charge in [0.05, 0.1) is 0 Å². The molecule has 0 amide bonds. The van der Waals surface area contributed by atoms with E-state index in [0.29, 0.717) is 0 Å². The number of allylic oxidation sites excluding steroid dienone is 6. The van der Waals surface area contributed by atoms with Gasteiger partial charge < -0.3 is 0 Å². The minimum atomic E-state index is -2.51. The lowest BCUT2D eigenvalue weighted by atomic mass is 10.2. The molecule has 0 spiro atoms. The predicted molar refractivity (Wildman–Crippen MR) is 99.4 cm³/mol. The Bertz CT molecular complexity index is 772. The zero-order chi connectivity index (χ0) is 16.1. The van der Waals surface area contributed by atoms with Gasteiger partial charge in [0, 0.05) is 5.56 Å². The summed E-state index contributed by atoms with van der Waals surface area (Å²) in [6.45, 7) is 2.17. The highest BCUT2D eigenvalue weighted by Crippen LogP contribution is 2.24. The van der Waals surface area contributed by atoms with Crippen molar-refractivity contribution in [2.75, 3.05) is 0 Å². The molecule has 1 aliphatic rings. The minimum Gasteiger partial charge on any atom is -0.299 e. The highest BCUT2D eigenvalue weighted by molar-refractivity contribution is 7.20. The Morgan fingerprint density at radius 2 is 1.57 bits per heavy atom. The maximum absolute atomic E-state index is 13.4. The molecular formula is C21H20OSi. The van der Waals surface area contributed by atoms with E-state index in [1.165, 1.54) is 5.20 Å². The number of carbonyl (C=O) groups excluding carboxylic acids is 1. The average molecular weight is 316 g/mol. The Kier molecular flexibility index (Phi) is 4.54. The molecule has 0 bridgehead atoms. The molecule has 0 heterocycles. The van der Waals surface area contributed by atoms with Crippen molar-refractivity contribution >= 4 is 18.7 Å². The molecule has 0 saturated carbocycles. The van der Waals surface area contributed by atoms with Crippen LogP contribution in [0.25, 0.3) is 0 Å². The van der Waals surface area contributed by atoms with Gasteiger partial charge in [0.1, 0.15) is 0 Å². The molecule has 1 atom stereocenters. The van der Waals surface area contributed by atoms with Crippen LogP contribution in [0.4, 0.5) is 0 Å². The third-order valence-electron chi connectivity index (χ3n) is 4.42. The van der Waals surface area contributed by atoms with E-state index in [-0.39, 0.29) is 5.41 Å². The molecule has 1 unspecified atom stereocenters. The van der Waals surface area contributed by atoms with Crippen LogP contribution in [0.5, 0.6) is 0 Å². The molecule has 3 rings (SSSR count). The standard InChI is InChI=1S/C21H20OSi/c1-23(20-16-10-5-11-17-20,19-14-8-2-3-9-15-19)21(22)18-12-6-4-7-13-18/h2-8,10-17H,9H2,1H3. The smallest absolute Gasteiger partial charge is 0.196 e. The van der Waals surface area contributed by atoms with Crippen molar-refractivity contribution in [3.05, 3.63) is 102 Å². The molecule has 0 saturated heterocycles. The predicted octanol–water partition coefficient (Wildman–Crippen LogP) is 4.38. The summed E-state index contributed by atoms with van der Waals surface area (Å²) < 4.78 is 0. The summed E-state index contributed by atoms with van der Waals surface area (Å²) in [7, 11) is -2.51. The maximum Gasteiger partial charge on any atom is 0.196 e. The Morgan fingerprint density at radius 1 is 0.913 bits per heavy atom. The number of hydrogen-bond donors (Lipinski definition) is 0. The first-order valence-electron chi connectivity index (χ1n) is 7.92. The van der Waals surface area contributed by atoms with E-state index in [9.17, 15) is 4.79 Å². The molecule has 114 valence electrons. The second-order valence-electron chi connectivity index (χ2n) is 5.87. The van der Waals surface area contributed by atoms with Gasteiger partial charge in [0.25, 0.3) is 0 Å². The molecule has 2 aromatic rings. The fraction of sp³-hybridized carbons (Fsp3) is 0.0952. The third-order valence-corrected chi connectivity index (χ3v) is 8.63. The summed E-state index contributed by atoms with van der Waals surface area (Å²) in [5.74, 6) is 0. The minimum absolute atomic E-state index is 0.266. The molecule has 2 aromatic carbocycles. The SMILES string of the molecule is C[Si](C(=O)c1ccccc1)(C1=CCC=CC=C1)c1ccccc1. The Balaban J connectivity index is 2.15. The molecule has 0 fully saturated rings. The summed E-state index contributed by atoms with van der Waals surface area (Å²) in [5, 5.41) is 2.61. The summed E-state index contributed by atoms with van der Waals surface area (Å²) in [6, 6.07) is 19.9. The van der Waals surface area contributed by atoms with E-state index in [2.05, 4.69) is 43.0 Å². The van der Waals surface area contributed by atoms with Crippen molar-refractivity contribution in [3.63, 3.8) is 0 Å². The number of hydrogen-bond acceptors (Lipinski definition) is 1. The zero-order valence-corrected chi connectivity index (χ0v) is 14.3. The Hall–Kier alpha value is -2.45. The maximum atomic E-state index is 13.4. The summed E-state index contributed by atoms with van der Waals surface area (Å²) in [6.07, 6.45) is 11.4. The second-order valence-corrected chi connectivity index (χ2v) is 9.73. The van der Waals surface area contributed by atoms with Crippen molar-refractivity contribution < 1.29 is 4.79 Å². The lowest BCUT2D eigenvalue weighted by Gasteiger charge is -2.28. The monoisotopic (exact) mass is 316 g/mol. The van der Waals surface area contributed by atoms with E-state index in [0.717, 1.165) is 17.2 Å². The second kappa shape index (κ2) is 6.76. The topological polar surface area (TPSA) is 17.1 Å². The van der Waals surface area contributed by atoms with E-state index < -0.39 is 8.07 Å². The van der Waals surface area contributed by atoms with Gasteiger partial charge in [0.15, 0.2) is 13.5 Å². The molecule has 0 radical (unpaired) electrons. The molecule has 1 aliphatic carbocycles. The van der Waals surface area contributed by atoms with Crippen LogP contribution in [0.1, 0.15) is 16.8 Å². The van der Waals surface area contributed by atoms with E-state index in [1.807, 2.05) is 54.6 Å². The van der Waals surface area contributed by atoms with Gasteiger partial charge in [-0.05, 0) is 16.8 Å². The first kappa shape index (κ1) is 15.4. The van der Waals surface area contributed by atoms with Crippen molar-refractivity contribution in [2.24, 2.45) is 0 Å². The van der Waals surface area contributed by atoms with Gasteiger partial charge in [-0.15, -0.1) is 0 Å². The van der Waals surface area contributed by atoms with E-state index in [4.69, 9.17) is 0 Å². The number of carbonyl (C=O) groups is 1. The quantitative estimate of drug-likeness (QED) is 0.765. The summed E-state index contributed by atoms with van der Waals surface area (Å²) >= 11 is 0. The van der Waals surface area contributed by atoms with Gasteiger partial charge in [-0.25, -0.2) is 0 Å². The van der Waals surface area contributed by atoms with Crippen LogP contribution in [0.2, 0.25) is 6.55 Å². The average Bonchev–Trinajstić information content (AvgIpc) is 2.91. The molecule has 0 aliphatic heterocycles. The Labute approximate surface area is 138 Å². The first-order valence-corrected chi connectivity index (χ1v) is 10.4. The number of rotatable bonds is 4. The fourth-order valence-corrected chi connectivity index (χ4v) is 6.45. The molecule has 0 aromatic heterocycles. The van der Waals surface area contributed by atoms with Crippen molar-refractivity contribution in [2.45, 2.75) is 13.0 Å².